The summed E-state index contributed by atoms with van der Waals surface area (Å²) in [5.74, 6) is 0.970. The number of hydrogen-bond acceptors (Lipinski definition) is 3. The van der Waals surface area contributed by atoms with Gasteiger partial charge in [-0.3, -0.25) is 4.79 Å². The van der Waals surface area contributed by atoms with Crippen molar-refractivity contribution < 1.29 is 9.53 Å². The van der Waals surface area contributed by atoms with Gasteiger partial charge in [-0.1, -0.05) is 18.2 Å². The highest BCUT2D eigenvalue weighted by Gasteiger charge is 2.28. The summed E-state index contributed by atoms with van der Waals surface area (Å²) in [6.07, 6.45) is 3.48. The maximum atomic E-state index is 12.6. The summed E-state index contributed by atoms with van der Waals surface area (Å²) in [5.41, 5.74) is 2.22. The summed E-state index contributed by atoms with van der Waals surface area (Å²) in [7, 11) is 1.88. The first kappa shape index (κ1) is 14.4. The second-order valence-electron chi connectivity index (χ2n) is 6.13. The van der Waals surface area contributed by atoms with Gasteiger partial charge in [-0.2, -0.15) is 0 Å². The lowest BCUT2D eigenvalue weighted by atomic mass is 9.90. The molecule has 1 saturated carbocycles. The van der Waals surface area contributed by atoms with Crippen LogP contribution in [-0.2, 0) is 9.53 Å². The van der Waals surface area contributed by atoms with Crippen molar-refractivity contribution in [3.05, 3.63) is 29.8 Å². The van der Waals surface area contributed by atoms with Gasteiger partial charge in [0.2, 0.25) is 5.91 Å². The number of carbonyl (C=O) groups is 1. The van der Waals surface area contributed by atoms with Gasteiger partial charge in [0.25, 0.3) is 0 Å². The minimum atomic E-state index is -0.0177. The van der Waals surface area contributed by atoms with Crippen LogP contribution in [0.15, 0.2) is 24.3 Å². The largest absolute Gasteiger partial charge is 0.385 e. The van der Waals surface area contributed by atoms with Gasteiger partial charge in [-0.25, -0.2) is 0 Å². The number of fused-ring (bicyclic) bond motifs is 1. The molecule has 1 aromatic carbocycles. The maximum Gasteiger partial charge on any atom is 0.230 e. The van der Waals surface area contributed by atoms with Crippen molar-refractivity contribution in [2.24, 2.45) is 5.92 Å². The van der Waals surface area contributed by atoms with Crippen LogP contribution in [-0.4, -0.2) is 44.2 Å². The first-order valence-electron chi connectivity index (χ1n) is 7.91. The van der Waals surface area contributed by atoms with Crippen LogP contribution >= 0.6 is 0 Å². The van der Waals surface area contributed by atoms with Gasteiger partial charge in [-0.05, 0) is 36.8 Å². The Morgan fingerprint density at radius 1 is 1.33 bits per heavy atom. The van der Waals surface area contributed by atoms with E-state index in [-0.39, 0.29) is 11.8 Å². The predicted molar refractivity (Wildman–Crippen MR) is 83.5 cm³/mol. The maximum absolute atomic E-state index is 12.6. The molecule has 1 aliphatic carbocycles. The molecule has 0 saturated heterocycles. The SMILES string of the molecule is CN(CCOCC1CC1)C(=O)C1CCNc2ccccc21. The van der Waals surface area contributed by atoms with Crippen LogP contribution < -0.4 is 5.32 Å². The zero-order valence-corrected chi connectivity index (χ0v) is 12.7. The molecule has 1 heterocycles. The van der Waals surface area contributed by atoms with Gasteiger partial charge in [0.05, 0.1) is 12.5 Å². The second-order valence-corrected chi connectivity index (χ2v) is 6.13. The van der Waals surface area contributed by atoms with Gasteiger partial charge in [0, 0.05) is 32.4 Å². The molecule has 1 fully saturated rings. The number of benzene rings is 1. The number of nitrogens with zero attached hydrogens (tertiary/aromatic N) is 1. The fraction of sp³-hybridized carbons (Fsp3) is 0.588. The first-order valence-corrected chi connectivity index (χ1v) is 7.91. The Hall–Kier alpha value is -1.55. The molecular weight excluding hydrogens is 264 g/mol. The summed E-state index contributed by atoms with van der Waals surface area (Å²) in [5, 5.41) is 3.36. The van der Waals surface area contributed by atoms with E-state index in [4.69, 9.17) is 4.74 Å². The molecule has 0 bridgehead atoms. The quantitative estimate of drug-likeness (QED) is 0.818. The van der Waals surface area contributed by atoms with E-state index in [2.05, 4.69) is 11.4 Å². The van der Waals surface area contributed by atoms with E-state index in [1.165, 1.54) is 12.8 Å². The molecule has 0 aromatic heterocycles. The van der Waals surface area contributed by atoms with Gasteiger partial charge in [0.1, 0.15) is 0 Å². The van der Waals surface area contributed by atoms with Gasteiger partial charge < -0.3 is 15.0 Å². The van der Waals surface area contributed by atoms with Crippen LogP contribution in [0.4, 0.5) is 5.69 Å². The Labute approximate surface area is 126 Å². The van der Waals surface area contributed by atoms with Crippen molar-refractivity contribution in [2.75, 3.05) is 38.7 Å². The van der Waals surface area contributed by atoms with E-state index < -0.39 is 0 Å². The van der Waals surface area contributed by atoms with E-state index in [1.54, 1.807) is 0 Å². The number of nitrogens with one attached hydrogen (secondary N) is 1. The average molecular weight is 288 g/mol. The molecule has 4 heteroatoms. The van der Waals surface area contributed by atoms with Gasteiger partial charge in [-0.15, -0.1) is 0 Å². The van der Waals surface area contributed by atoms with Gasteiger partial charge in [0.15, 0.2) is 0 Å². The Morgan fingerprint density at radius 2 is 2.14 bits per heavy atom. The summed E-state index contributed by atoms with van der Waals surface area (Å²) in [4.78, 5) is 14.5. The molecule has 1 unspecified atom stereocenters. The number of anilines is 1. The topological polar surface area (TPSA) is 41.6 Å². The number of para-hydroxylation sites is 1. The average Bonchev–Trinajstić information content (AvgIpc) is 3.34. The van der Waals surface area contributed by atoms with Crippen molar-refractivity contribution in [3.63, 3.8) is 0 Å². The third-order valence-corrected chi connectivity index (χ3v) is 4.38. The number of rotatable bonds is 6. The Balaban J connectivity index is 1.54. The van der Waals surface area contributed by atoms with Crippen molar-refractivity contribution >= 4 is 11.6 Å². The normalized spacial score (nSPS) is 20.5. The van der Waals surface area contributed by atoms with Crippen molar-refractivity contribution in [3.8, 4) is 0 Å². The fourth-order valence-electron chi connectivity index (χ4n) is 2.84. The standard InChI is InChI=1S/C17H24N2O2/c1-19(10-11-21-12-13-6-7-13)17(20)15-8-9-18-16-5-3-2-4-14(15)16/h2-5,13,15,18H,6-12H2,1H3. The van der Waals surface area contributed by atoms with E-state index in [0.717, 1.165) is 36.7 Å². The van der Waals surface area contributed by atoms with E-state index in [0.29, 0.717) is 13.2 Å². The molecule has 0 radical (unpaired) electrons. The van der Waals surface area contributed by atoms with Crippen LogP contribution in [0, 0.1) is 5.92 Å². The Kier molecular flexibility index (Phi) is 4.44. The molecular formula is C17H24N2O2. The van der Waals surface area contributed by atoms with Crippen LogP contribution in [0.3, 0.4) is 0 Å². The third kappa shape index (κ3) is 3.56. The minimum absolute atomic E-state index is 0.0177. The summed E-state index contributed by atoms with van der Waals surface area (Å²) >= 11 is 0. The molecule has 21 heavy (non-hydrogen) atoms. The summed E-state index contributed by atoms with van der Waals surface area (Å²) < 4.78 is 5.63. The molecule has 1 aliphatic heterocycles. The number of carbonyl (C=O) groups excluding carboxylic acids is 1. The summed E-state index contributed by atoms with van der Waals surface area (Å²) in [6.45, 7) is 3.04. The second kappa shape index (κ2) is 6.48. The summed E-state index contributed by atoms with van der Waals surface area (Å²) in [6, 6.07) is 8.12. The van der Waals surface area contributed by atoms with E-state index in [1.807, 2.05) is 30.1 Å². The smallest absolute Gasteiger partial charge is 0.230 e. The lowest BCUT2D eigenvalue weighted by Gasteiger charge is -2.29. The molecule has 1 amide bonds. The molecule has 1 N–H and O–H groups in total. The van der Waals surface area contributed by atoms with Crippen LogP contribution in [0.2, 0.25) is 0 Å². The van der Waals surface area contributed by atoms with Gasteiger partial charge >= 0.3 is 0 Å². The van der Waals surface area contributed by atoms with Crippen molar-refractivity contribution in [2.45, 2.75) is 25.2 Å². The van der Waals surface area contributed by atoms with E-state index >= 15 is 0 Å². The highest BCUT2D eigenvalue weighted by Crippen LogP contribution is 2.32. The molecule has 2 aliphatic rings. The Bertz CT molecular complexity index is 499. The fourth-order valence-corrected chi connectivity index (χ4v) is 2.84. The minimum Gasteiger partial charge on any atom is -0.385 e. The molecule has 0 spiro atoms. The molecule has 114 valence electrons. The zero-order chi connectivity index (χ0) is 14.7. The molecule has 3 rings (SSSR count). The molecule has 4 nitrogen and oxygen atoms in total. The lowest BCUT2D eigenvalue weighted by Crippen LogP contribution is -2.36. The Morgan fingerprint density at radius 3 is 2.95 bits per heavy atom. The van der Waals surface area contributed by atoms with Crippen molar-refractivity contribution in [1.82, 2.24) is 4.90 Å². The van der Waals surface area contributed by atoms with Crippen LogP contribution in [0.5, 0.6) is 0 Å². The first-order chi connectivity index (χ1) is 10.3. The third-order valence-electron chi connectivity index (χ3n) is 4.38. The highest BCUT2D eigenvalue weighted by atomic mass is 16.5. The number of ether oxygens (including phenoxy) is 1. The van der Waals surface area contributed by atoms with Crippen LogP contribution in [0.25, 0.3) is 0 Å². The number of amides is 1. The number of likely N-dealkylation sites (N-methyl/N-ethyl adjacent to an activating group) is 1. The monoisotopic (exact) mass is 288 g/mol. The lowest BCUT2D eigenvalue weighted by molar-refractivity contribution is -0.132. The molecule has 1 aromatic rings. The van der Waals surface area contributed by atoms with Crippen LogP contribution in [0.1, 0.15) is 30.7 Å². The molecule has 1 atom stereocenters. The van der Waals surface area contributed by atoms with E-state index in [9.17, 15) is 4.79 Å². The number of hydrogen-bond donors (Lipinski definition) is 1. The predicted octanol–water partition coefficient (Wildman–Crippen LogP) is 2.47. The zero-order valence-electron chi connectivity index (χ0n) is 12.7. The highest BCUT2D eigenvalue weighted by molar-refractivity contribution is 5.86. The van der Waals surface area contributed by atoms with Crippen molar-refractivity contribution in [1.29, 1.82) is 0 Å².